The number of carbonyl (C=O) groups excluding carboxylic acids is 1. The van der Waals surface area contributed by atoms with Crippen LogP contribution in [0, 0.1) is 6.92 Å². The molecule has 1 aromatic heterocycles. The summed E-state index contributed by atoms with van der Waals surface area (Å²) in [4.78, 5) is 12.3. The topological polar surface area (TPSA) is 81.1 Å². The molecule has 0 aliphatic carbocycles. The van der Waals surface area contributed by atoms with Crippen molar-refractivity contribution in [2.45, 2.75) is 25.6 Å². The second-order valence-corrected chi connectivity index (χ2v) is 7.91. The Hall–Kier alpha value is -2.15. The fourth-order valence-electron chi connectivity index (χ4n) is 2.35. The molecule has 0 spiro atoms. The van der Waals surface area contributed by atoms with Crippen LogP contribution in [0.5, 0.6) is 0 Å². The predicted molar refractivity (Wildman–Crippen MR) is 88.8 cm³/mol. The number of nitrogens with one attached hydrogen (secondary N) is 1. The molecule has 0 unspecified atom stereocenters. The molecule has 0 fully saturated rings. The highest BCUT2D eigenvalue weighted by molar-refractivity contribution is 7.89. The molecule has 0 bridgehead atoms. The van der Waals surface area contributed by atoms with Gasteiger partial charge in [-0.3, -0.25) is 9.48 Å². The van der Waals surface area contributed by atoms with Crippen LogP contribution in [-0.2, 0) is 22.6 Å². The highest BCUT2D eigenvalue weighted by Gasteiger charge is 2.15. The molecule has 124 valence electrons. The molecule has 1 N–H and O–H groups in total. The molecule has 2 rings (SSSR count). The first-order valence-electron chi connectivity index (χ1n) is 7.23. The Morgan fingerprint density at radius 2 is 1.91 bits per heavy atom. The van der Waals surface area contributed by atoms with Crippen molar-refractivity contribution < 1.29 is 13.2 Å². The highest BCUT2D eigenvalue weighted by atomic mass is 32.2. The third-order valence-corrected chi connectivity index (χ3v) is 4.59. The Bertz CT molecular complexity index is 808. The number of aryl methyl sites for hydroxylation is 1. The Labute approximate surface area is 136 Å². The Morgan fingerprint density at radius 3 is 2.39 bits per heavy atom. The zero-order valence-electron chi connectivity index (χ0n) is 13.7. The third-order valence-electron chi connectivity index (χ3n) is 3.73. The smallest absolute Gasteiger partial charge is 0.251 e. The van der Waals surface area contributed by atoms with E-state index >= 15 is 0 Å². The summed E-state index contributed by atoms with van der Waals surface area (Å²) in [5, 5.41) is 7.10. The van der Waals surface area contributed by atoms with E-state index < -0.39 is 9.84 Å². The number of nitrogens with zero attached hydrogens (tertiary/aromatic N) is 2. The van der Waals surface area contributed by atoms with Crippen LogP contribution in [0.4, 0.5) is 0 Å². The largest absolute Gasteiger partial charge is 0.345 e. The lowest BCUT2D eigenvalue weighted by Gasteiger charge is -2.14. The van der Waals surface area contributed by atoms with E-state index in [4.69, 9.17) is 0 Å². The van der Waals surface area contributed by atoms with E-state index in [0.29, 0.717) is 11.1 Å². The molecule has 0 saturated heterocycles. The maximum absolute atomic E-state index is 12.3. The second-order valence-electron chi connectivity index (χ2n) is 5.77. The third kappa shape index (κ3) is 4.41. The van der Waals surface area contributed by atoms with Gasteiger partial charge in [0.1, 0.15) is 0 Å². The predicted octanol–water partition coefficient (Wildman–Crippen LogP) is 1.76. The number of sulfone groups is 1. The minimum atomic E-state index is -3.08. The van der Waals surface area contributed by atoms with Crippen LogP contribution in [0.25, 0.3) is 0 Å². The van der Waals surface area contributed by atoms with Gasteiger partial charge in [0, 0.05) is 30.1 Å². The molecule has 2 aromatic rings. The molecule has 0 radical (unpaired) electrons. The van der Waals surface area contributed by atoms with E-state index in [2.05, 4.69) is 10.4 Å². The van der Waals surface area contributed by atoms with Gasteiger partial charge in [-0.25, -0.2) is 8.42 Å². The first-order chi connectivity index (χ1) is 10.7. The van der Waals surface area contributed by atoms with Crippen LogP contribution in [-0.4, -0.2) is 30.4 Å². The van der Waals surface area contributed by atoms with Crippen LogP contribution in [0.1, 0.15) is 40.1 Å². The van der Waals surface area contributed by atoms with Crippen molar-refractivity contribution in [3.05, 3.63) is 52.8 Å². The van der Waals surface area contributed by atoms with E-state index in [-0.39, 0.29) is 17.7 Å². The summed E-state index contributed by atoms with van der Waals surface area (Å²) < 4.78 is 24.3. The fourth-order valence-corrected chi connectivity index (χ4v) is 3.15. The normalized spacial score (nSPS) is 12.9. The fraction of sp³-hybridized carbons (Fsp3) is 0.375. The van der Waals surface area contributed by atoms with Gasteiger partial charge in [-0.2, -0.15) is 5.10 Å². The van der Waals surface area contributed by atoms with Gasteiger partial charge >= 0.3 is 0 Å². The summed E-state index contributed by atoms with van der Waals surface area (Å²) in [7, 11) is -1.22. The first kappa shape index (κ1) is 17.2. The molecule has 0 aliphatic heterocycles. The Kier molecular flexibility index (Phi) is 4.89. The number of rotatable bonds is 5. The van der Waals surface area contributed by atoms with Crippen molar-refractivity contribution in [2.24, 2.45) is 7.05 Å². The minimum Gasteiger partial charge on any atom is -0.345 e. The lowest BCUT2D eigenvalue weighted by molar-refractivity contribution is 0.0940. The number of benzene rings is 1. The summed E-state index contributed by atoms with van der Waals surface area (Å²) in [6, 6.07) is 6.44. The van der Waals surface area contributed by atoms with Gasteiger partial charge in [0.15, 0.2) is 9.84 Å². The van der Waals surface area contributed by atoms with Crippen LogP contribution >= 0.6 is 0 Å². The molecule has 7 heteroatoms. The van der Waals surface area contributed by atoms with Crippen molar-refractivity contribution in [3.63, 3.8) is 0 Å². The molecular weight excluding hydrogens is 314 g/mol. The molecule has 6 nitrogen and oxygen atoms in total. The first-order valence-corrected chi connectivity index (χ1v) is 9.29. The maximum Gasteiger partial charge on any atom is 0.251 e. The Balaban J connectivity index is 2.07. The maximum atomic E-state index is 12.3. The van der Waals surface area contributed by atoms with E-state index in [9.17, 15) is 13.2 Å². The number of aromatic nitrogens is 2. The zero-order chi connectivity index (χ0) is 17.2. The SMILES string of the molecule is Cc1c([C@@H](C)NC(=O)c2ccc(CS(C)(=O)=O)cc2)cnn1C. The Morgan fingerprint density at radius 1 is 1.30 bits per heavy atom. The molecule has 1 amide bonds. The number of carbonyl (C=O) groups is 1. The average molecular weight is 335 g/mol. The van der Waals surface area contributed by atoms with Crippen molar-refractivity contribution in [3.8, 4) is 0 Å². The van der Waals surface area contributed by atoms with E-state index in [1.165, 1.54) is 6.26 Å². The van der Waals surface area contributed by atoms with E-state index in [1.54, 1.807) is 35.1 Å². The number of hydrogen-bond acceptors (Lipinski definition) is 4. The summed E-state index contributed by atoms with van der Waals surface area (Å²) in [5.74, 6) is -0.230. The van der Waals surface area contributed by atoms with Gasteiger partial charge in [0.05, 0.1) is 18.0 Å². The molecule has 1 heterocycles. The summed E-state index contributed by atoms with van der Waals surface area (Å²) in [6.07, 6.45) is 2.93. The van der Waals surface area contributed by atoms with Crippen LogP contribution < -0.4 is 5.32 Å². The minimum absolute atomic E-state index is 0.0276. The number of hydrogen-bond donors (Lipinski definition) is 1. The standard InChI is InChI=1S/C16H21N3O3S/c1-11(15-9-17-19(3)12(15)2)18-16(20)14-7-5-13(6-8-14)10-23(4,21)22/h5-9,11H,10H2,1-4H3,(H,18,20)/t11-/m1/s1. The second kappa shape index (κ2) is 6.54. The molecular formula is C16H21N3O3S. The van der Waals surface area contributed by atoms with Crippen molar-refractivity contribution in [1.82, 2.24) is 15.1 Å². The summed E-state index contributed by atoms with van der Waals surface area (Å²) in [6.45, 7) is 3.85. The van der Waals surface area contributed by atoms with E-state index in [1.807, 2.05) is 20.9 Å². The number of amides is 1. The van der Waals surface area contributed by atoms with Gasteiger partial charge in [-0.15, -0.1) is 0 Å². The molecule has 0 aliphatic rings. The molecule has 1 aromatic carbocycles. The van der Waals surface area contributed by atoms with Crippen LogP contribution in [0.2, 0.25) is 0 Å². The van der Waals surface area contributed by atoms with E-state index in [0.717, 1.165) is 11.3 Å². The van der Waals surface area contributed by atoms with Gasteiger partial charge in [0.2, 0.25) is 0 Å². The lowest BCUT2D eigenvalue weighted by Crippen LogP contribution is -2.26. The van der Waals surface area contributed by atoms with Crippen LogP contribution in [0.15, 0.2) is 30.5 Å². The van der Waals surface area contributed by atoms with Gasteiger partial charge in [0.25, 0.3) is 5.91 Å². The monoisotopic (exact) mass is 335 g/mol. The lowest BCUT2D eigenvalue weighted by atomic mass is 10.1. The summed E-state index contributed by atoms with van der Waals surface area (Å²) >= 11 is 0. The molecule has 23 heavy (non-hydrogen) atoms. The zero-order valence-corrected chi connectivity index (χ0v) is 14.5. The summed E-state index contributed by atoms with van der Waals surface area (Å²) in [5.41, 5.74) is 3.13. The van der Waals surface area contributed by atoms with Gasteiger partial charge in [-0.05, 0) is 31.5 Å². The van der Waals surface area contributed by atoms with Gasteiger partial charge < -0.3 is 5.32 Å². The van der Waals surface area contributed by atoms with Crippen molar-refractivity contribution in [1.29, 1.82) is 0 Å². The average Bonchev–Trinajstić information content (AvgIpc) is 2.78. The van der Waals surface area contributed by atoms with Crippen molar-refractivity contribution >= 4 is 15.7 Å². The molecule has 0 saturated carbocycles. The van der Waals surface area contributed by atoms with Crippen LogP contribution in [0.3, 0.4) is 0 Å². The van der Waals surface area contributed by atoms with Crippen molar-refractivity contribution in [2.75, 3.05) is 6.26 Å². The quantitative estimate of drug-likeness (QED) is 0.903. The van der Waals surface area contributed by atoms with Gasteiger partial charge in [-0.1, -0.05) is 12.1 Å². The highest BCUT2D eigenvalue weighted by Crippen LogP contribution is 2.17. The molecule has 1 atom stereocenters.